The van der Waals surface area contributed by atoms with Gasteiger partial charge in [0.1, 0.15) is 21.9 Å². The summed E-state index contributed by atoms with van der Waals surface area (Å²) in [7, 11) is 0. The molecule has 0 N–H and O–H groups in total. The molecule has 0 spiro atoms. The number of pyridine rings is 2. The largest absolute Gasteiger partial charge is 0.354 e. The van der Waals surface area contributed by atoms with Crippen molar-refractivity contribution in [3.05, 3.63) is 53.4 Å². The van der Waals surface area contributed by atoms with Gasteiger partial charge in [0.25, 0.3) is 5.91 Å². The highest BCUT2D eigenvalue weighted by atomic mass is 32.1. The average Bonchev–Trinajstić information content (AvgIpc) is 3.36. The lowest BCUT2D eigenvalue weighted by Gasteiger charge is -2.25. The monoisotopic (exact) mass is 395 g/mol. The molecule has 0 aromatic carbocycles. The summed E-state index contributed by atoms with van der Waals surface area (Å²) in [6.07, 6.45) is 5.64. The molecule has 1 saturated heterocycles. The molecule has 0 aliphatic carbocycles. The van der Waals surface area contributed by atoms with Gasteiger partial charge in [-0.15, -0.1) is 11.3 Å². The predicted molar refractivity (Wildman–Crippen MR) is 107 cm³/mol. The van der Waals surface area contributed by atoms with Crippen molar-refractivity contribution in [1.29, 1.82) is 0 Å². The highest BCUT2D eigenvalue weighted by Gasteiger charge is 2.30. The van der Waals surface area contributed by atoms with Crippen LogP contribution in [0.2, 0.25) is 0 Å². The fraction of sp³-hybridized carbons (Fsp3) is 0.300. The summed E-state index contributed by atoms with van der Waals surface area (Å²) < 4.78 is 13.4. The summed E-state index contributed by atoms with van der Waals surface area (Å²) in [4.78, 5) is 30.6. The Balaban J connectivity index is 1.39. The minimum absolute atomic E-state index is 0.0337. The van der Waals surface area contributed by atoms with Crippen molar-refractivity contribution in [3.63, 3.8) is 0 Å². The predicted octanol–water partition coefficient (Wildman–Crippen LogP) is 3.35. The number of carbonyl (C=O) groups is 1. The van der Waals surface area contributed by atoms with E-state index in [9.17, 15) is 9.18 Å². The molecule has 3 aromatic heterocycles. The summed E-state index contributed by atoms with van der Waals surface area (Å²) >= 11 is 1.40. The van der Waals surface area contributed by atoms with Crippen molar-refractivity contribution in [1.82, 2.24) is 15.0 Å². The van der Waals surface area contributed by atoms with Gasteiger partial charge in [-0.25, -0.2) is 14.4 Å². The van der Waals surface area contributed by atoms with Gasteiger partial charge in [-0.1, -0.05) is 0 Å². The Labute approximate surface area is 165 Å². The van der Waals surface area contributed by atoms with Crippen molar-refractivity contribution in [2.45, 2.75) is 19.0 Å². The fourth-order valence-corrected chi connectivity index (χ4v) is 4.69. The van der Waals surface area contributed by atoms with E-state index in [4.69, 9.17) is 0 Å². The second kappa shape index (κ2) is 6.94. The highest BCUT2D eigenvalue weighted by Crippen LogP contribution is 2.33. The van der Waals surface area contributed by atoms with Crippen molar-refractivity contribution in [2.24, 2.45) is 0 Å². The van der Waals surface area contributed by atoms with Gasteiger partial charge >= 0.3 is 0 Å². The van der Waals surface area contributed by atoms with Crippen molar-refractivity contribution < 1.29 is 9.18 Å². The number of fused-ring (bicyclic) bond motifs is 1. The third kappa shape index (κ3) is 3.03. The lowest BCUT2D eigenvalue weighted by atomic mass is 10.1. The van der Waals surface area contributed by atoms with Crippen LogP contribution in [-0.4, -0.2) is 46.7 Å². The number of aromatic nitrogens is 3. The second-order valence-corrected chi connectivity index (χ2v) is 7.95. The molecule has 8 heteroatoms. The number of thiazole rings is 1. The van der Waals surface area contributed by atoms with E-state index in [2.05, 4.69) is 15.0 Å². The zero-order chi connectivity index (χ0) is 19.1. The summed E-state index contributed by atoms with van der Waals surface area (Å²) in [6, 6.07) is 7.56. The van der Waals surface area contributed by atoms with E-state index >= 15 is 0 Å². The smallest absolute Gasteiger partial charge is 0.270 e. The first-order valence-electron chi connectivity index (χ1n) is 9.26. The SMILES string of the molecule is O=C1c2sc(-c3ccc(N4CC[C@@H](F)C4)nc3)nc2CCN1c1cccnc1. The first-order valence-corrected chi connectivity index (χ1v) is 10.1. The number of hydrogen-bond donors (Lipinski definition) is 0. The number of anilines is 2. The van der Waals surface area contributed by atoms with Crippen LogP contribution in [0.25, 0.3) is 10.6 Å². The first-order chi connectivity index (χ1) is 13.7. The number of alkyl halides is 1. The average molecular weight is 395 g/mol. The van der Waals surface area contributed by atoms with Crippen LogP contribution in [-0.2, 0) is 6.42 Å². The van der Waals surface area contributed by atoms with Gasteiger partial charge in [0.2, 0.25) is 0 Å². The third-order valence-corrected chi connectivity index (χ3v) is 6.25. The van der Waals surface area contributed by atoms with Crippen molar-refractivity contribution in [3.8, 4) is 10.6 Å². The Morgan fingerprint density at radius 3 is 2.82 bits per heavy atom. The molecule has 142 valence electrons. The number of rotatable bonds is 3. The maximum absolute atomic E-state index is 13.4. The van der Waals surface area contributed by atoms with Crippen LogP contribution < -0.4 is 9.80 Å². The van der Waals surface area contributed by atoms with Gasteiger partial charge in [0, 0.05) is 37.5 Å². The molecule has 5 heterocycles. The summed E-state index contributed by atoms with van der Waals surface area (Å²) in [5, 5.41) is 0.787. The van der Waals surface area contributed by atoms with Crippen molar-refractivity contribution >= 4 is 28.7 Å². The van der Waals surface area contributed by atoms with Crippen LogP contribution in [0, 0.1) is 0 Å². The number of carbonyl (C=O) groups excluding carboxylic acids is 1. The Hall–Kier alpha value is -2.87. The minimum Gasteiger partial charge on any atom is -0.354 e. The van der Waals surface area contributed by atoms with Gasteiger partial charge in [0.15, 0.2) is 0 Å². The molecule has 0 bridgehead atoms. The normalized spacial score (nSPS) is 19.2. The van der Waals surface area contributed by atoms with E-state index in [1.54, 1.807) is 23.5 Å². The van der Waals surface area contributed by atoms with Gasteiger partial charge in [-0.3, -0.25) is 9.78 Å². The lowest BCUT2D eigenvalue weighted by molar-refractivity contribution is 0.0984. The fourth-order valence-electron chi connectivity index (χ4n) is 3.64. The van der Waals surface area contributed by atoms with Gasteiger partial charge in [-0.2, -0.15) is 0 Å². The maximum atomic E-state index is 13.4. The van der Waals surface area contributed by atoms with E-state index in [0.717, 1.165) is 27.8 Å². The zero-order valence-corrected chi connectivity index (χ0v) is 15.9. The van der Waals surface area contributed by atoms with Crippen LogP contribution >= 0.6 is 11.3 Å². The Morgan fingerprint density at radius 1 is 1.18 bits per heavy atom. The van der Waals surface area contributed by atoms with Crippen LogP contribution in [0.1, 0.15) is 21.8 Å². The molecule has 3 aromatic rings. The van der Waals surface area contributed by atoms with Crippen LogP contribution in [0.5, 0.6) is 0 Å². The van der Waals surface area contributed by atoms with Crippen molar-refractivity contribution in [2.75, 3.05) is 29.4 Å². The molecular formula is C20H18FN5OS. The standard InChI is InChI=1S/C20H18FN5OS/c21-14-5-8-25(12-14)17-4-3-13(10-23-17)19-24-16-6-9-26(20(27)18(16)28-19)15-2-1-7-22-11-15/h1-4,7,10-11,14H,5-6,8-9,12H2/t14-/m1/s1. The molecular weight excluding hydrogens is 377 g/mol. The number of amides is 1. The quantitative estimate of drug-likeness (QED) is 0.681. The van der Waals surface area contributed by atoms with Crippen LogP contribution in [0.3, 0.4) is 0 Å². The molecule has 28 heavy (non-hydrogen) atoms. The molecule has 6 nitrogen and oxygen atoms in total. The van der Waals surface area contributed by atoms with Gasteiger partial charge < -0.3 is 9.80 Å². The third-order valence-electron chi connectivity index (χ3n) is 5.12. The molecule has 5 rings (SSSR count). The molecule has 0 saturated carbocycles. The molecule has 1 atom stereocenters. The zero-order valence-electron chi connectivity index (χ0n) is 15.1. The number of hydrogen-bond acceptors (Lipinski definition) is 6. The number of halogens is 1. The Morgan fingerprint density at radius 2 is 2.11 bits per heavy atom. The summed E-state index contributed by atoms with van der Waals surface area (Å²) in [5.74, 6) is 0.748. The molecule has 2 aliphatic rings. The Bertz CT molecular complexity index is 1010. The molecule has 1 fully saturated rings. The van der Waals surface area contributed by atoms with Crippen LogP contribution in [0.4, 0.5) is 15.9 Å². The lowest BCUT2D eigenvalue weighted by Crippen LogP contribution is -2.36. The topological polar surface area (TPSA) is 62.2 Å². The van der Waals surface area contributed by atoms with E-state index < -0.39 is 6.17 Å². The Kier molecular flexibility index (Phi) is 4.27. The van der Waals surface area contributed by atoms with Gasteiger partial charge in [-0.05, 0) is 30.7 Å². The second-order valence-electron chi connectivity index (χ2n) is 6.95. The summed E-state index contributed by atoms with van der Waals surface area (Å²) in [5.41, 5.74) is 2.52. The van der Waals surface area contributed by atoms with Gasteiger partial charge in [0.05, 0.1) is 24.1 Å². The molecule has 0 unspecified atom stereocenters. The van der Waals surface area contributed by atoms with E-state index in [0.29, 0.717) is 37.4 Å². The molecule has 0 radical (unpaired) electrons. The molecule has 1 amide bonds. The number of nitrogens with zero attached hydrogens (tertiary/aromatic N) is 5. The maximum Gasteiger partial charge on any atom is 0.270 e. The van der Waals surface area contributed by atoms with Crippen LogP contribution in [0.15, 0.2) is 42.9 Å². The minimum atomic E-state index is -0.777. The highest BCUT2D eigenvalue weighted by molar-refractivity contribution is 7.17. The molecule has 2 aliphatic heterocycles. The first kappa shape index (κ1) is 17.2. The summed E-state index contributed by atoms with van der Waals surface area (Å²) in [6.45, 7) is 1.69. The van der Waals surface area contributed by atoms with E-state index in [-0.39, 0.29) is 5.91 Å². The van der Waals surface area contributed by atoms with E-state index in [1.165, 1.54) is 11.3 Å². The van der Waals surface area contributed by atoms with E-state index in [1.807, 2.05) is 29.2 Å².